The number of aldehydes is 1. The van der Waals surface area contributed by atoms with Gasteiger partial charge in [-0.1, -0.05) is 55.2 Å². The third-order valence-corrected chi connectivity index (χ3v) is 3.74. The molecule has 0 fully saturated rings. The maximum absolute atomic E-state index is 10.0. The summed E-state index contributed by atoms with van der Waals surface area (Å²) in [5.41, 5.74) is 4.44. The van der Waals surface area contributed by atoms with Crippen molar-refractivity contribution >= 4 is 6.29 Å². The molecule has 1 aliphatic rings. The first-order chi connectivity index (χ1) is 9.47. The summed E-state index contributed by atoms with van der Waals surface area (Å²) in [6.45, 7) is 8.96. The Morgan fingerprint density at radius 3 is 2.70 bits per heavy atom. The Labute approximate surface area is 123 Å². The molecule has 0 radical (unpaired) electrons. The lowest BCUT2D eigenvalue weighted by atomic mass is 9.72. The van der Waals surface area contributed by atoms with E-state index >= 15 is 0 Å². The molecule has 0 spiro atoms. The van der Waals surface area contributed by atoms with Gasteiger partial charge < -0.3 is 0 Å². The van der Waals surface area contributed by atoms with Crippen molar-refractivity contribution < 1.29 is 4.79 Å². The summed E-state index contributed by atoms with van der Waals surface area (Å²) in [6, 6.07) is 0. The van der Waals surface area contributed by atoms with E-state index in [9.17, 15) is 4.79 Å². The van der Waals surface area contributed by atoms with Gasteiger partial charge in [0.05, 0.1) is 0 Å². The summed E-state index contributed by atoms with van der Waals surface area (Å²) in [4.78, 5) is 10.0. The Hall–Kier alpha value is -1.81. The molecule has 0 atom stereocenters. The normalized spacial score (nSPS) is 19.3. The molecule has 0 bridgehead atoms. The minimum absolute atomic E-state index is 0.282. The number of carbonyl (C=O) groups excluding carboxylic acids is 1. The number of hydrogen-bond acceptors (Lipinski definition) is 1. The fourth-order valence-electron chi connectivity index (χ4n) is 2.61. The average Bonchev–Trinajstić information content (AvgIpc) is 2.37. The molecule has 0 saturated carbocycles. The molecule has 1 aliphatic carbocycles. The minimum atomic E-state index is 0.282. The van der Waals surface area contributed by atoms with Gasteiger partial charge in [-0.2, -0.15) is 0 Å². The highest BCUT2D eigenvalue weighted by Crippen LogP contribution is 2.40. The van der Waals surface area contributed by atoms with Gasteiger partial charge in [-0.15, -0.1) is 0 Å². The van der Waals surface area contributed by atoms with Gasteiger partial charge in [0.2, 0.25) is 0 Å². The highest BCUT2D eigenvalue weighted by atomic mass is 16.1. The van der Waals surface area contributed by atoms with Crippen LogP contribution in [0.25, 0.3) is 0 Å². The van der Waals surface area contributed by atoms with Crippen molar-refractivity contribution in [3.63, 3.8) is 0 Å². The van der Waals surface area contributed by atoms with Gasteiger partial charge >= 0.3 is 0 Å². The second kappa shape index (κ2) is 7.70. The van der Waals surface area contributed by atoms with E-state index < -0.39 is 0 Å². The van der Waals surface area contributed by atoms with Gasteiger partial charge in [-0.3, -0.25) is 4.79 Å². The molecule has 0 aliphatic heterocycles. The molecule has 1 rings (SSSR count). The molecule has 0 aromatic heterocycles. The van der Waals surface area contributed by atoms with Crippen molar-refractivity contribution in [3.8, 4) is 11.8 Å². The fraction of sp³-hybridized carbons (Fsp3) is 0.421. The van der Waals surface area contributed by atoms with E-state index in [1.807, 2.05) is 12.2 Å². The van der Waals surface area contributed by atoms with Crippen LogP contribution in [0.5, 0.6) is 0 Å². The fourth-order valence-corrected chi connectivity index (χ4v) is 2.61. The molecule has 106 valence electrons. The van der Waals surface area contributed by atoms with E-state index in [0.29, 0.717) is 6.29 Å². The molecule has 0 heterocycles. The van der Waals surface area contributed by atoms with Crippen LogP contribution in [0.1, 0.15) is 47.0 Å². The van der Waals surface area contributed by atoms with Crippen LogP contribution in [0.2, 0.25) is 0 Å². The van der Waals surface area contributed by atoms with Crippen molar-refractivity contribution in [1.29, 1.82) is 0 Å². The Morgan fingerprint density at radius 1 is 1.30 bits per heavy atom. The number of carbonyl (C=O) groups is 1. The molecule has 0 N–H and O–H groups in total. The molecule has 1 nitrogen and oxygen atoms in total. The molecule has 1 heteroatoms. The number of allylic oxidation sites excluding steroid dienone is 8. The van der Waals surface area contributed by atoms with Gasteiger partial charge in [0, 0.05) is 0 Å². The summed E-state index contributed by atoms with van der Waals surface area (Å²) in [5, 5.41) is 0. The zero-order valence-corrected chi connectivity index (χ0v) is 13.0. The smallest absolute Gasteiger partial charge is 0.193 e. The summed E-state index contributed by atoms with van der Waals surface area (Å²) in [5.74, 6) is 4.99. The van der Waals surface area contributed by atoms with Crippen LogP contribution in [0.3, 0.4) is 0 Å². The topological polar surface area (TPSA) is 17.1 Å². The first-order valence-corrected chi connectivity index (χ1v) is 7.14. The third-order valence-electron chi connectivity index (χ3n) is 3.74. The Kier molecular flexibility index (Phi) is 6.25. The van der Waals surface area contributed by atoms with Gasteiger partial charge in [0.1, 0.15) is 0 Å². The molecule has 0 aromatic carbocycles. The second-order valence-electron chi connectivity index (χ2n) is 5.94. The lowest BCUT2D eigenvalue weighted by molar-refractivity contribution is -0.103. The van der Waals surface area contributed by atoms with Crippen LogP contribution < -0.4 is 0 Å². The van der Waals surface area contributed by atoms with Crippen LogP contribution in [-0.2, 0) is 4.79 Å². The largest absolute Gasteiger partial charge is 0.289 e. The Morgan fingerprint density at radius 2 is 2.05 bits per heavy atom. The van der Waals surface area contributed by atoms with E-state index in [0.717, 1.165) is 0 Å². The zero-order valence-electron chi connectivity index (χ0n) is 13.0. The van der Waals surface area contributed by atoms with Gasteiger partial charge in [0.15, 0.2) is 6.29 Å². The summed E-state index contributed by atoms with van der Waals surface area (Å²) < 4.78 is 0. The van der Waals surface area contributed by atoms with E-state index in [1.165, 1.54) is 36.0 Å². The quantitative estimate of drug-likeness (QED) is 0.409. The monoisotopic (exact) mass is 268 g/mol. The van der Waals surface area contributed by atoms with Gasteiger partial charge in [-0.05, 0) is 56.1 Å². The van der Waals surface area contributed by atoms with Gasteiger partial charge in [-0.25, -0.2) is 0 Å². The highest BCUT2D eigenvalue weighted by molar-refractivity contribution is 5.73. The summed E-state index contributed by atoms with van der Waals surface area (Å²) >= 11 is 0. The van der Waals surface area contributed by atoms with E-state index in [-0.39, 0.29) is 5.41 Å². The van der Waals surface area contributed by atoms with Crippen molar-refractivity contribution in [2.75, 3.05) is 0 Å². The van der Waals surface area contributed by atoms with E-state index in [4.69, 9.17) is 0 Å². The molecule has 0 unspecified atom stereocenters. The zero-order chi connectivity index (χ0) is 15.0. The van der Waals surface area contributed by atoms with E-state index in [2.05, 4.69) is 51.7 Å². The van der Waals surface area contributed by atoms with Crippen molar-refractivity contribution in [3.05, 3.63) is 47.1 Å². The van der Waals surface area contributed by atoms with Crippen molar-refractivity contribution in [1.82, 2.24) is 0 Å². The van der Waals surface area contributed by atoms with Crippen molar-refractivity contribution in [2.24, 2.45) is 5.41 Å². The van der Waals surface area contributed by atoms with Crippen molar-refractivity contribution in [2.45, 2.75) is 47.0 Å². The van der Waals surface area contributed by atoms with Crippen LogP contribution in [0.4, 0.5) is 0 Å². The maximum Gasteiger partial charge on any atom is 0.193 e. The third kappa shape index (κ3) is 5.05. The average molecular weight is 268 g/mol. The molecule has 20 heavy (non-hydrogen) atoms. The number of hydrogen-bond donors (Lipinski definition) is 0. The Balaban J connectivity index is 2.78. The van der Waals surface area contributed by atoms with Crippen LogP contribution in [0, 0.1) is 17.3 Å². The molecular weight excluding hydrogens is 244 g/mol. The first-order valence-electron chi connectivity index (χ1n) is 7.14. The van der Waals surface area contributed by atoms with Crippen LogP contribution in [0.15, 0.2) is 47.1 Å². The predicted octanol–water partition coefficient (Wildman–Crippen LogP) is 4.77. The Bertz CT molecular complexity index is 528. The standard InChI is InChI=1S/C19H24O/c1-16(10-7-5-6-8-15-20)12-13-18-17(2)11-9-14-19(18,3)4/h5,7,10,12-13,15H,9,11,14H2,1-4H3. The first kappa shape index (κ1) is 16.2. The minimum Gasteiger partial charge on any atom is -0.289 e. The van der Waals surface area contributed by atoms with Crippen LogP contribution >= 0.6 is 0 Å². The molecule has 0 amide bonds. The molecule has 0 saturated heterocycles. The van der Waals surface area contributed by atoms with Gasteiger partial charge in [0.25, 0.3) is 0 Å². The van der Waals surface area contributed by atoms with Crippen LogP contribution in [-0.4, -0.2) is 6.29 Å². The van der Waals surface area contributed by atoms with E-state index in [1.54, 1.807) is 6.08 Å². The lowest BCUT2D eigenvalue weighted by Crippen LogP contribution is -2.19. The summed E-state index contributed by atoms with van der Waals surface area (Å²) in [6.07, 6.45) is 14.3. The molecular formula is C19H24O. The second-order valence-corrected chi connectivity index (χ2v) is 5.94. The highest BCUT2D eigenvalue weighted by Gasteiger charge is 2.26. The molecule has 0 aromatic rings. The maximum atomic E-state index is 10.0. The lowest BCUT2D eigenvalue weighted by Gasteiger charge is -2.32. The summed E-state index contributed by atoms with van der Waals surface area (Å²) in [7, 11) is 0. The SMILES string of the molecule is CC(C=CC1=C(C)CCCC1(C)C)=CC=CC#CC=O. The number of rotatable bonds is 3. The predicted molar refractivity (Wildman–Crippen MR) is 86.2 cm³/mol.